The average molecular weight is 663 g/mol. The highest BCUT2D eigenvalue weighted by Crippen LogP contribution is 2.55. The van der Waals surface area contributed by atoms with Gasteiger partial charge in [-0.2, -0.15) is 0 Å². The summed E-state index contributed by atoms with van der Waals surface area (Å²) in [5.41, 5.74) is 6.97. The SMILES string of the molecule is COc1cc2c(cc1OC)[C@@]1(c3ccc4ccccc4c3)CN3CCc4cc(OC)c(OC)cc4[C@@]3(c3ccc4ccccc4c3)CN1CC2. The van der Waals surface area contributed by atoms with Crippen molar-refractivity contribution >= 4 is 21.5 Å². The first-order valence-corrected chi connectivity index (χ1v) is 17.5. The smallest absolute Gasteiger partial charge is 0.161 e. The Kier molecular flexibility index (Phi) is 7.30. The molecular formula is C44H42N2O4. The highest BCUT2D eigenvalue weighted by atomic mass is 16.5. The largest absolute Gasteiger partial charge is 0.493 e. The lowest BCUT2D eigenvalue weighted by molar-refractivity contribution is -0.0671. The number of nitrogens with zero attached hydrogens (tertiary/aromatic N) is 2. The summed E-state index contributed by atoms with van der Waals surface area (Å²) in [7, 11) is 6.93. The zero-order chi connectivity index (χ0) is 34.0. The van der Waals surface area contributed by atoms with Crippen LogP contribution in [0.2, 0.25) is 0 Å². The molecule has 0 spiro atoms. The van der Waals surface area contributed by atoms with Crippen molar-refractivity contribution in [2.45, 2.75) is 23.9 Å². The maximum Gasteiger partial charge on any atom is 0.161 e. The van der Waals surface area contributed by atoms with Crippen molar-refractivity contribution in [3.63, 3.8) is 0 Å². The first-order valence-electron chi connectivity index (χ1n) is 17.5. The van der Waals surface area contributed by atoms with Crippen molar-refractivity contribution < 1.29 is 18.9 Å². The van der Waals surface area contributed by atoms with Crippen LogP contribution in [0.15, 0.2) is 109 Å². The Hall–Kier alpha value is -5.04. The molecule has 0 unspecified atom stereocenters. The zero-order valence-corrected chi connectivity index (χ0v) is 29.2. The summed E-state index contributed by atoms with van der Waals surface area (Å²) >= 11 is 0. The standard InChI is InChI=1S/C44H42N2O4/c1-47-39-23-33-17-19-45-28-44(36-16-14-30-10-6-8-12-32(30)22-36)38-26-42(50-4)40(48-2)24-34(38)18-20-46(44)27-43(45,37(33)25-41(39)49-3)35-15-13-29-9-5-7-11-31(29)21-35/h5-16,21-26H,17-20,27-28H2,1-4H3/t43-,44-/m0/s1. The Labute approximate surface area is 293 Å². The van der Waals surface area contributed by atoms with Gasteiger partial charge in [-0.15, -0.1) is 0 Å². The lowest BCUT2D eigenvalue weighted by Gasteiger charge is -2.63. The van der Waals surface area contributed by atoms with Crippen LogP contribution in [0.3, 0.4) is 0 Å². The maximum absolute atomic E-state index is 5.98. The topological polar surface area (TPSA) is 43.4 Å². The van der Waals surface area contributed by atoms with Crippen LogP contribution < -0.4 is 18.9 Å². The summed E-state index contributed by atoms with van der Waals surface area (Å²) in [4.78, 5) is 5.53. The second-order valence-electron chi connectivity index (χ2n) is 13.9. The van der Waals surface area contributed by atoms with E-state index in [0.717, 1.165) is 62.0 Å². The van der Waals surface area contributed by atoms with Crippen LogP contribution in [0.4, 0.5) is 0 Å². The molecular weight excluding hydrogens is 620 g/mol. The van der Waals surface area contributed by atoms with Crippen molar-refractivity contribution in [1.29, 1.82) is 0 Å². The molecule has 6 aromatic rings. The van der Waals surface area contributed by atoms with Gasteiger partial charge in [0.1, 0.15) is 0 Å². The van der Waals surface area contributed by atoms with E-state index in [1.807, 2.05) is 0 Å². The third kappa shape index (κ3) is 4.41. The second-order valence-corrected chi connectivity index (χ2v) is 13.9. The lowest BCUT2D eigenvalue weighted by Crippen LogP contribution is -2.71. The molecule has 0 amide bonds. The Morgan fingerprint density at radius 3 is 1.22 bits per heavy atom. The van der Waals surface area contributed by atoms with Gasteiger partial charge < -0.3 is 18.9 Å². The predicted molar refractivity (Wildman–Crippen MR) is 199 cm³/mol. The monoisotopic (exact) mass is 662 g/mol. The molecule has 2 atom stereocenters. The molecule has 3 aliphatic rings. The summed E-state index contributed by atoms with van der Waals surface area (Å²) in [5, 5.41) is 4.99. The van der Waals surface area contributed by atoms with E-state index in [-0.39, 0.29) is 0 Å². The zero-order valence-electron chi connectivity index (χ0n) is 29.2. The van der Waals surface area contributed by atoms with Crippen LogP contribution in [0.5, 0.6) is 23.0 Å². The van der Waals surface area contributed by atoms with Gasteiger partial charge in [0.2, 0.25) is 0 Å². The van der Waals surface area contributed by atoms with Gasteiger partial charge in [0, 0.05) is 26.2 Å². The summed E-state index contributed by atoms with van der Waals surface area (Å²) in [5.74, 6) is 3.09. The van der Waals surface area contributed by atoms with E-state index in [1.54, 1.807) is 28.4 Å². The fourth-order valence-electron chi connectivity index (χ4n) is 9.36. The summed E-state index contributed by atoms with van der Waals surface area (Å²) in [6.45, 7) is 3.41. The first kappa shape index (κ1) is 31.0. The lowest BCUT2D eigenvalue weighted by atomic mass is 9.66. The van der Waals surface area contributed by atoms with E-state index in [9.17, 15) is 0 Å². The van der Waals surface area contributed by atoms with Crippen LogP contribution in [0, 0.1) is 0 Å². The number of ether oxygens (including phenoxy) is 4. The van der Waals surface area contributed by atoms with Gasteiger partial charge in [0.25, 0.3) is 0 Å². The second kappa shape index (κ2) is 11.8. The number of piperazine rings is 1. The fourth-order valence-corrected chi connectivity index (χ4v) is 9.36. The number of hydrogen-bond acceptors (Lipinski definition) is 6. The van der Waals surface area contributed by atoms with E-state index in [4.69, 9.17) is 18.9 Å². The fraction of sp³-hybridized carbons (Fsp3) is 0.273. The van der Waals surface area contributed by atoms with Gasteiger partial charge in [-0.1, -0.05) is 72.8 Å². The summed E-state index contributed by atoms with van der Waals surface area (Å²) in [6, 6.07) is 40.4. The number of methoxy groups -OCH3 is 4. The van der Waals surface area contributed by atoms with Crippen molar-refractivity contribution in [3.05, 3.63) is 143 Å². The van der Waals surface area contributed by atoms with E-state index in [0.29, 0.717) is 0 Å². The molecule has 0 N–H and O–H groups in total. The third-order valence-corrected chi connectivity index (χ3v) is 11.8. The van der Waals surface area contributed by atoms with E-state index in [2.05, 4.69) is 119 Å². The van der Waals surface area contributed by atoms with E-state index >= 15 is 0 Å². The highest BCUT2D eigenvalue weighted by molar-refractivity contribution is 5.85. The molecule has 0 aliphatic carbocycles. The van der Waals surface area contributed by atoms with Crippen molar-refractivity contribution in [2.24, 2.45) is 0 Å². The maximum atomic E-state index is 5.98. The Morgan fingerprint density at radius 2 is 0.820 bits per heavy atom. The molecule has 1 saturated heterocycles. The van der Waals surface area contributed by atoms with Crippen LogP contribution in [0.1, 0.15) is 33.4 Å². The van der Waals surface area contributed by atoms with Gasteiger partial charge in [0.05, 0.1) is 39.5 Å². The molecule has 1 fully saturated rings. The van der Waals surface area contributed by atoms with Crippen LogP contribution in [-0.2, 0) is 23.9 Å². The molecule has 0 aromatic heterocycles. The minimum atomic E-state index is -0.425. The van der Waals surface area contributed by atoms with Crippen LogP contribution in [-0.4, -0.2) is 64.4 Å². The molecule has 0 radical (unpaired) electrons. The van der Waals surface area contributed by atoms with Gasteiger partial charge >= 0.3 is 0 Å². The molecule has 0 bridgehead atoms. The normalized spacial score (nSPS) is 21.5. The minimum absolute atomic E-state index is 0.425. The molecule has 6 aromatic carbocycles. The Morgan fingerprint density at radius 1 is 0.440 bits per heavy atom. The summed E-state index contributed by atoms with van der Waals surface area (Å²) in [6.07, 6.45) is 1.83. The van der Waals surface area contributed by atoms with E-state index in [1.165, 1.54) is 54.9 Å². The van der Waals surface area contributed by atoms with Crippen LogP contribution >= 0.6 is 0 Å². The van der Waals surface area contributed by atoms with Gasteiger partial charge in [0.15, 0.2) is 23.0 Å². The number of rotatable bonds is 6. The Balaban J connectivity index is 1.32. The molecule has 6 nitrogen and oxygen atoms in total. The number of hydrogen-bond donors (Lipinski definition) is 0. The van der Waals surface area contributed by atoms with Gasteiger partial charge in [-0.25, -0.2) is 0 Å². The van der Waals surface area contributed by atoms with Gasteiger partial charge in [-0.3, -0.25) is 9.80 Å². The van der Waals surface area contributed by atoms with Crippen molar-refractivity contribution in [1.82, 2.24) is 9.80 Å². The molecule has 252 valence electrons. The minimum Gasteiger partial charge on any atom is -0.493 e. The molecule has 3 heterocycles. The highest BCUT2D eigenvalue weighted by Gasteiger charge is 2.58. The molecule has 9 rings (SSSR count). The van der Waals surface area contributed by atoms with Crippen molar-refractivity contribution in [2.75, 3.05) is 54.6 Å². The number of benzene rings is 6. The quantitative estimate of drug-likeness (QED) is 0.181. The molecule has 3 aliphatic heterocycles. The average Bonchev–Trinajstić information content (AvgIpc) is 3.18. The molecule has 0 saturated carbocycles. The molecule has 50 heavy (non-hydrogen) atoms. The van der Waals surface area contributed by atoms with Crippen LogP contribution in [0.25, 0.3) is 21.5 Å². The van der Waals surface area contributed by atoms with E-state index < -0.39 is 11.1 Å². The first-order chi connectivity index (χ1) is 24.5. The molecule has 6 heteroatoms. The Bertz CT molecular complexity index is 2120. The summed E-state index contributed by atoms with van der Waals surface area (Å²) < 4.78 is 23.6. The number of fused-ring (bicyclic) bond motifs is 8. The van der Waals surface area contributed by atoms with Gasteiger partial charge in [-0.05, 0) is 104 Å². The van der Waals surface area contributed by atoms with Crippen molar-refractivity contribution in [3.8, 4) is 23.0 Å². The predicted octanol–water partition coefficient (Wildman–Crippen LogP) is 7.94. The third-order valence-electron chi connectivity index (χ3n) is 11.8.